The van der Waals surface area contributed by atoms with Crippen LogP contribution in [0.2, 0.25) is 0 Å². The van der Waals surface area contributed by atoms with Crippen LogP contribution >= 0.6 is 0 Å². The van der Waals surface area contributed by atoms with E-state index >= 15 is 0 Å². The highest BCUT2D eigenvalue weighted by Crippen LogP contribution is 2.08. The first kappa shape index (κ1) is 18.9. The van der Waals surface area contributed by atoms with Crippen molar-refractivity contribution in [2.75, 3.05) is 0 Å². The van der Waals surface area contributed by atoms with Gasteiger partial charge in [0.2, 0.25) is 0 Å². The summed E-state index contributed by atoms with van der Waals surface area (Å²) in [5.74, 6) is -2.26. The summed E-state index contributed by atoms with van der Waals surface area (Å²) in [6.45, 7) is 2.59. The molecule has 0 aliphatic carbocycles. The molecule has 26 heavy (non-hydrogen) atoms. The highest BCUT2D eigenvalue weighted by molar-refractivity contribution is 5.96. The van der Waals surface area contributed by atoms with Gasteiger partial charge < -0.3 is 10.5 Å². The topological polar surface area (TPSA) is 153 Å². The number of rotatable bonds is 5. The lowest BCUT2D eigenvalue weighted by Crippen LogP contribution is -2.46. The number of nitrogens with zero attached hydrogens (tertiary/aromatic N) is 1. The second kappa shape index (κ2) is 7.64. The first-order chi connectivity index (χ1) is 12.2. The number of urea groups is 1. The number of carbonyl (C=O) groups is 3. The predicted molar refractivity (Wildman–Crippen MR) is 91.3 cm³/mol. The van der Waals surface area contributed by atoms with Crippen LogP contribution in [-0.2, 0) is 20.9 Å². The molecule has 2 aromatic rings. The number of H-pyrrole nitrogens is 1. The van der Waals surface area contributed by atoms with E-state index in [1.807, 2.05) is 5.32 Å². The second-order valence-corrected chi connectivity index (χ2v) is 5.89. The lowest BCUT2D eigenvalue weighted by atomic mass is 10.1. The molecule has 4 N–H and O–H groups in total. The molecule has 10 heteroatoms. The average molecular weight is 362 g/mol. The Labute approximate surface area is 146 Å². The van der Waals surface area contributed by atoms with Gasteiger partial charge in [-0.2, -0.15) is 0 Å². The molecule has 0 saturated carbocycles. The summed E-state index contributed by atoms with van der Waals surface area (Å²) in [6, 6.07) is 5.08. The van der Waals surface area contributed by atoms with Crippen molar-refractivity contribution < 1.29 is 19.1 Å². The maximum absolute atomic E-state index is 12.4. The van der Waals surface area contributed by atoms with Gasteiger partial charge in [0.1, 0.15) is 6.54 Å². The zero-order valence-corrected chi connectivity index (χ0v) is 14.1. The number of ether oxygens (including phenoxy) is 1. The average Bonchev–Trinajstić information content (AvgIpc) is 2.56. The number of amides is 3. The minimum atomic E-state index is -1.28. The van der Waals surface area contributed by atoms with E-state index in [1.165, 1.54) is 12.1 Å². The fraction of sp³-hybridized carbons (Fsp3) is 0.312. The van der Waals surface area contributed by atoms with E-state index in [4.69, 9.17) is 10.5 Å². The molecule has 0 aliphatic heterocycles. The Morgan fingerprint density at radius 3 is 2.38 bits per heavy atom. The van der Waals surface area contributed by atoms with Gasteiger partial charge in [-0.3, -0.25) is 29.6 Å². The number of primary amides is 1. The van der Waals surface area contributed by atoms with Crippen LogP contribution < -0.4 is 22.2 Å². The molecule has 1 atom stereocenters. The van der Waals surface area contributed by atoms with E-state index in [2.05, 4.69) is 5.10 Å². The van der Waals surface area contributed by atoms with Gasteiger partial charge in [0, 0.05) is 0 Å². The van der Waals surface area contributed by atoms with E-state index in [1.54, 1.807) is 26.0 Å². The number of aromatic amines is 1. The van der Waals surface area contributed by atoms with E-state index in [-0.39, 0.29) is 10.8 Å². The zero-order chi connectivity index (χ0) is 19.4. The Bertz CT molecular complexity index is 975. The van der Waals surface area contributed by atoms with Crippen LogP contribution in [0, 0.1) is 5.92 Å². The number of imide groups is 1. The summed E-state index contributed by atoms with van der Waals surface area (Å²) < 4.78 is 5.85. The third kappa shape index (κ3) is 4.15. The molecule has 138 valence electrons. The predicted octanol–water partition coefficient (Wildman–Crippen LogP) is -0.547. The van der Waals surface area contributed by atoms with Crippen molar-refractivity contribution in [2.45, 2.75) is 26.5 Å². The van der Waals surface area contributed by atoms with Gasteiger partial charge in [-0.25, -0.2) is 9.48 Å². The third-order valence-corrected chi connectivity index (χ3v) is 3.54. The minimum Gasteiger partial charge on any atom is -0.451 e. The zero-order valence-electron chi connectivity index (χ0n) is 14.1. The number of fused-ring (bicyclic) bond motifs is 1. The molecule has 10 nitrogen and oxygen atoms in total. The summed E-state index contributed by atoms with van der Waals surface area (Å²) in [7, 11) is 0. The molecule has 2 rings (SSSR count). The van der Waals surface area contributed by atoms with Crippen molar-refractivity contribution in [3.05, 3.63) is 45.0 Å². The Morgan fingerprint density at radius 2 is 1.81 bits per heavy atom. The summed E-state index contributed by atoms with van der Waals surface area (Å²) in [6.07, 6.45) is -1.28. The number of benzene rings is 1. The molecule has 1 heterocycles. The molecule has 0 saturated heterocycles. The van der Waals surface area contributed by atoms with Gasteiger partial charge in [-0.05, 0) is 18.1 Å². The molecule has 0 radical (unpaired) electrons. The fourth-order valence-electron chi connectivity index (χ4n) is 2.35. The monoisotopic (exact) mass is 362 g/mol. The summed E-state index contributed by atoms with van der Waals surface area (Å²) in [5, 5.41) is 4.47. The summed E-state index contributed by atoms with van der Waals surface area (Å²) >= 11 is 0. The maximum atomic E-state index is 12.4. The largest absolute Gasteiger partial charge is 0.451 e. The quantitative estimate of drug-likeness (QED) is 0.607. The van der Waals surface area contributed by atoms with E-state index in [0.29, 0.717) is 0 Å². The molecular formula is C16H18N4O6. The van der Waals surface area contributed by atoms with Crippen LogP contribution in [0.1, 0.15) is 13.8 Å². The highest BCUT2D eigenvalue weighted by Gasteiger charge is 2.27. The molecule has 0 aliphatic rings. The van der Waals surface area contributed by atoms with Crippen LogP contribution in [0.4, 0.5) is 4.79 Å². The van der Waals surface area contributed by atoms with Gasteiger partial charge in [-0.1, -0.05) is 26.0 Å². The van der Waals surface area contributed by atoms with Gasteiger partial charge in [0.05, 0.1) is 10.8 Å². The third-order valence-electron chi connectivity index (χ3n) is 3.54. The maximum Gasteiger partial charge on any atom is 0.328 e. The first-order valence-electron chi connectivity index (χ1n) is 7.72. The number of nitrogens with two attached hydrogens (primary N) is 1. The van der Waals surface area contributed by atoms with Crippen LogP contribution in [0.15, 0.2) is 33.9 Å². The SMILES string of the molecule is CC(C)C(OC(=O)Cn1[nH]c(=O)c2ccccc2c1=O)C(=O)NC(N)=O. The molecule has 1 aromatic carbocycles. The number of nitrogens with one attached hydrogen (secondary N) is 2. The van der Waals surface area contributed by atoms with Crippen molar-refractivity contribution in [2.24, 2.45) is 11.7 Å². The van der Waals surface area contributed by atoms with Crippen LogP contribution in [0.3, 0.4) is 0 Å². The van der Waals surface area contributed by atoms with Crippen molar-refractivity contribution in [1.82, 2.24) is 15.1 Å². The van der Waals surface area contributed by atoms with Crippen molar-refractivity contribution in [3.63, 3.8) is 0 Å². The van der Waals surface area contributed by atoms with Crippen LogP contribution in [0.5, 0.6) is 0 Å². The van der Waals surface area contributed by atoms with Gasteiger partial charge >= 0.3 is 12.0 Å². The van der Waals surface area contributed by atoms with Gasteiger partial charge in [0.25, 0.3) is 17.0 Å². The second-order valence-electron chi connectivity index (χ2n) is 5.89. The fourth-order valence-corrected chi connectivity index (χ4v) is 2.35. The van der Waals surface area contributed by atoms with Crippen molar-refractivity contribution in [3.8, 4) is 0 Å². The number of hydrogen-bond acceptors (Lipinski definition) is 6. The standard InChI is InChI=1S/C16H18N4O6/c1-8(2)12(14(23)18-16(17)25)26-11(21)7-20-15(24)10-6-4-3-5-9(10)13(22)19-20/h3-6,8,12H,7H2,1-2H3,(H,19,22)(H3,17,18,23,25). The molecule has 3 amide bonds. The molecular weight excluding hydrogens is 344 g/mol. The normalized spacial score (nSPS) is 12.0. The minimum absolute atomic E-state index is 0.149. The van der Waals surface area contributed by atoms with E-state index in [9.17, 15) is 24.0 Å². The van der Waals surface area contributed by atoms with Gasteiger partial charge in [-0.15, -0.1) is 0 Å². The highest BCUT2D eigenvalue weighted by atomic mass is 16.5. The Balaban J connectivity index is 2.24. The van der Waals surface area contributed by atoms with Crippen LogP contribution in [-0.4, -0.2) is 33.8 Å². The number of hydrogen-bond donors (Lipinski definition) is 3. The van der Waals surface area contributed by atoms with Crippen LogP contribution in [0.25, 0.3) is 10.8 Å². The number of esters is 1. The molecule has 0 fully saturated rings. The summed E-state index contributed by atoms with van der Waals surface area (Å²) in [5.41, 5.74) is 3.75. The number of aromatic nitrogens is 2. The Kier molecular flexibility index (Phi) is 5.55. The summed E-state index contributed by atoms with van der Waals surface area (Å²) in [4.78, 5) is 59.1. The molecule has 1 unspecified atom stereocenters. The molecule has 1 aromatic heterocycles. The first-order valence-corrected chi connectivity index (χ1v) is 7.72. The van der Waals surface area contributed by atoms with E-state index < -0.39 is 47.6 Å². The molecule has 0 spiro atoms. The lowest BCUT2D eigenvalue weighted by Gasteiger charge is -2.20. The Morgan fingerprint density at radius 1 is 1.19 bits per heavy atom. The smallest absolute Gasteiger partial charge is 0.328 e. The Hall–Kier alpha value is -3.43. The van der Waals surface area contributed by atoms with Crippen molar-refractivity contribution >= 4 is 28.7 Å². The number of carbonyl (C=O) groups excluding carboxylic acids is 3. The van der Waals surface area contributed by atoms with Crippen molar-refractivity contribution in [1.29, 1.82) is 0 Å². The molecule has 0 bridgehead atoms. The van der Waals surface area contributed by atoms with E-state index in [0.717, 1.165) is 4.68 Å². The van der Waals surface area contributed by atoms with Gasteiger partial charge in [0.15, 0.2) is 6.10 Å². The lowest BCUT2D eigenvalue weighted by molar-refractivity contribution is -0.159.